The standard InChI is InChI=1S/C34H31Cl2F3N2O2.CH4O/c1-3-27(13-7-23(2)43-34(37,38)39)28-14-10-24(11-15-28)12-18-33-40-32(30-17-16-29(35)19-31(30)36)21-41(33)20-25-5-4-6-26(22-42)9-8-25;1-2/h3-4,6-19,21,23,42H,5,20,22H2,1-2H3;2H,1H3/b13-7-,18-12+,27-3+;. The Morgan fingerprint density at radius 1 is 1.09 bits per heavy atom. The number of nitrogens with zero attached hydrogens (tertiary/aromatic N) is 2. The molecular weight excluding hydrogens is 624 g/mol. The minimum absolute atomic E-state index is 0.0191. The van der Waals surface area contributed by atoms with E-state index in [-0.39, 0.29) is 6.61 Å². The van der Waals surface area contributed by atoms with Crippen molar-refractivity contribution >= 4 is 40.9 Å². The fourth-order valence-corrected chi connectivity index (χ4v) is 4.98. The fourth-order valence-electron chi connectivity index (χ4n) is 4.47. The maximum Gasteiger partial charge on any atom is 0.523 e. The number of allylic oxidation sites excluding steroid dienone is 7. The van der Waals surface area contributed by atoms with Gasteiger partial charge in [0.15, 0.2) is 0 Å². The Kier molecular flexibility index (Phi) is 13.6. The van der Waals surface area contributed by atoms with Gasteiger partial charge in [-0.1, -0.05) is 96.1 Å². The monoisotopic (exact) mass is 658 g/mol. The number of hydrogen-bond acceptors (Lipinski definition) is 4. The number of aliphatic hydroxyl groups excluding tert-OH is 2. The Morgan fingerprint density at radius 2 is 1.82 bits per heavy atom. The molecule has 1 aliphatic rings. The van der Waals surface area contributed by atoms with Crippen molar-refractivity contribution < 1.29 is 28.1 Å². The van der Waals surface area contributed by atoms with Crippen LogP contribution in [0.5, 0.6) is 0 Å². The summed E-state index contributed by atoms with van der Waals surface area (Å²) in [5.41, 5.74) is 6.02. The molecule has 10 heteroatoms. The van der Waals surface area contributed by atoms with Gasteiger partial charge in [-0.15, -0.1) is 13.2 Å². The lowest BCUT2D eigenvalue weighted by atomic mass is 10.0. The minimum Gasteiger partial charge on any atom is -0.400 e. The highest BCUT2D eigenvalue weighted by molar-refractivity contribution is 6.36. The molecule has 0 amide bonds. The van der Waals surface area contributed by atoms with E-state index in [4.69, 9.17) is 33.3 Å². The van der Waals surface area contributed by atoms with E-state index < -0.39 is 12.5 Å². The molecule has 1 aromatic heterocycles. The summed E-state index contributed by atoms with van der Waals surface area (Å²) in [5.74, 6) is 0.723. The molecule has 238 valence electrons. The van der Waals surface area contributed by atoms with Crippen LogP contribution < -0.4 is 0 Å². The Hall–Kier alpha value is -3.66. The average molecular weight is 660 g/mol. The molecule has 3 aromatic rings. The average Bonchev–Trinajstić information content (AvgIpc) is 3.25. The van der Waals surface area contributed by atoms with Gasteiger partial charge in [0.2, 0.25) is 0 Å². The predicted molar refractivity (Wildman–Crippen MR) is 178 cm³/mol. The molecule has 0 saturated heterocycles. The lowest BCUT2D eigenvalue weighted by molar-refractivity contribution is -0.334. The third-order valence-corrected chi connectivity index (χ3v) is 7.21. The molecule has 2 N–H and O–H groups in total. The van der Waals surface area contributed by atoms with Gasteiger partial charge in [0.05, 0.1) is 23.4 Å². The summed E-state index contributed by atoms with van der Waals surface area (Å²) in [5, 5.41) is 17.5. The first-order valence-corrected chi connectivity index (χ1v) is 14.8. The molecule has 0 bridgehead atoms. The lowest BCUT2D eigenvalue weighted by Crippen LogP contribution is -2.19. The van der Waals surface area contributed by atoms with Crippen LogP contribution in [0.15, 0.2) is 102 Å². The van der Waals surface area contributed by atoms with Crippen LogP contribution >= 0.6 is 23.2 Å². The maximum atomic E-state index is 12.5. The van der Waals surface area contributed by atoms with Crippen molar-refractivity contribution in [1.29, 1.82) is 0 Å². The first-order chi connectivity index (χ1) is 21.5. The highest BCUT2D eigenvalue weighted by Crippen LogP contribution is 2.31. The van der Waals surface area contributed by atoms with Crippen LogP contribution in [0.3, 0.4) is 0 Å². The molecule has 1 heterocycles. The second kappa shape index (κ2) is 17.1. The molecule has 1 aliphatic carbocycles. The summed E-state index contributed by atoms with van der Waals surface area (Å²) >= 11 is 12.6. The van der Waals surface area contributed by atoms with Gasteiger partial charge in [-0.2, -0.15) is 0 Å². The fraction of sp³-hybridized carbons (Fsp3) is 0.229. The van der Waals surface area contributed by atoms with Crippen LogP contribution in [0.4, 0.5) is 13.2 Å². The molecule has 0 aliphatic heterocycles. The van der Waals surface area contributed by atoms with Crippen molar-refractivity contribution in [3.63, 3.8) is 0 Å². The smallest absolute Gasteiger partial charge is 0.400 e. The Balaban J connectivity index is 0.00000271. The molecule has 1 atom stereocenters. The highest BCUT2D eigenvalue weighted by Gasteiger charge is 2.31. The van der Waals surface area contributed by atoms with E-state index in [2.05, 4.69) is 9.30 Å². The molecule has 5 nitrogen and oxygen atoms in total. The first kappa shape index (κ1) is 35.8. The highest BCUT2D eigenvalue weighted by atomic mass is 35.5. The second-order valence-electron chi connectivity index (χ2n) is 9.89. The zero-order valence-electron chi connectivity index (χ0n) is 25.1. The number of aromatic nitrogens is 2. The number of alkyl halides is 3. The third kappa shape index (κ3) is 11.0. The van der Waals surface area contributed by atoms with E-state index >= 15 is 0 Å². The van der Waals surface area contributed by atoms with Gasteiger partial charge in [0.1, 0.15) is 5.82 Å². The van der Waals surface area contributed by atoms with Gasteiger partial charge in [-0.05, 0) is 72.4 Å². The van der Waals surface area contributed by atoms with Gasteiger partial charge in [-0.3, -0.25) is 4.74 Å². The Bertz CT molecular complexity index is 1620. The number of rotatable bonds is 10. The Morgan fingerprint density at radius 3 is 2.47 bits per heavy atom. The first-order valence-electron chi connectivity index (χ1n) is 14.1. The second-order valence-corrected chi connectivity index (χ2v) is 10.7. The van der Waals surface area contributed by atoms with Gasteiger partial charge in [-0.25, -0.2) is 4.98 Å². The van der Waals surface area contributed by atoms with Crippen molar-refractivity contribution in [2.75, 3.05) is 13.7 Å². The molecular formula is C35H35Cl2F3N2O3. The van der Waals surface area contributed by atoms with Crippen LogP contribution in [-0.4, -0.2) is 45.9 Å². The van der Waals surface area contributed by atoms with Crippen molar-refractivity contribution in [3.05, 3.63) is 129 Å². The largest absolute Gasteiger partial charge is 0.523 e. The third-order valence-electron chi connectivity index (χ3n) is 6.66. The molecule has 4 rings (SSSR count). The van der Waals surface area contributed by atoms with E-state index in [0.717, 1.165) is 52.8 Å². The molecule has 0 saturated carbocycles. The number of benzene rings is 2. The SMILES string of the molecule is C/C=C(\C=C/C(C)OC(F)(F)F)c1ccc(/C=C/c2nc(-c3ccc(Cl)cc3Cl)cn2CC2=CC=C(CO)C=CC2)cc1.CO. The maximum absolute atomic E-state index is 12.5. The number of hydrogen-bond donors (Lipinski definition) is 2. The van der Waals surface area contributed by atoms with E-state index in [0.29, 0.717) is 22.3 Å². The topological polar surface area (TPSA) is 67.5 Å². The van der Waals surface area contributed by atoms with Crippen LogP contribution in [0.2, 0.25) is 10.0 Å². The molecule has 0 fully saturated rings. The summed E-state index contributed by atoms with van der Waals surface area (Å²) < 4.78 is 43.5. The molecule has 45 heavy (non-hydrogen) atoms. The molecule has 1 unspecified atom stereocenters. The lowest BCUT2D eigenvalue weighted by Gasteiger charge is -2.11. The van der Waals surface area contributed by atoms with E-state index in [1.54, 1.807) is 18.2 Å². The van der Waals surface area contributed by atoms with Gasteiger partial charge >= 0.3 is 6.36 Å². The zero-order chi connectivity index (χ0) is 33.0. The van der Waals surface area contributed by atoms with Crippen LogP contribution in [0.25, 0.3) is 29.0 Å². The van der Waals surface area contributed by atoms with E-state index in [1.807, 2.05) is 86.0 Å². The minimum atomic E-state index is -4.69. The molecule has 0 radical (unpaired) electrons. The summed E-state index contributed by atoms with van der Waals surface area (Å²) in [4.78, 5) is 4.87. The van der Waals surface area contributed by atoms with Crippen molar-refractivity contribution in [2.45, 2.75) is 39.3 Å². The number of halogens is 5. The van der Waals surface area contributed by atoms with E-state index in [9.17, 15) is 18.3 Å². The van der Waals surface area contributed by atoms with Crippen molar-refractivity contribution in [3.8, 4) is 11.3 Å². The summed E-state index contributed by atoms with van der Waals surface area (Å²) in [7, 11) is 1.00. The normalized spacial score (nSPS) is 14.7. The molecule has 0 spiro atoms. The van der Waals surface area contributed by atoms with Crippen LogP contribution in [0, 0.1) is 0 Å². The van der Waals surface area contributed by atoms with Crippen molar-refractivity contribution in [1.82, 2.24) is 9.55 Å². The van der Waals surface area contributed by atoms with Crippen LogP contribution in [-0.2, 0) is 11.3 Å². The zero-order valence-corrected chi connectivity index (χ0v) is 26.6. The van der Waals surface area contributed by atoms with E-state index in [1.165, 1.54) is 13.0 Å². The van der Waals surface area contributed by atoms with Crippen LogP contribution in [0.1, 0.15) is 37.2 Å². The van der Waals surface area contributed by atoms with Gasteiger partial charge < -0.3 is 14.8 Å². The quantitative estimate of drug-likeness (QED) is 0.213. The van der Waals surface area contributed by atoms with Gasteiger partial charge in [0, 0.05) is 30.4 Å². The number of aliphatic hydroxyl groups is 2. The predicted octanol–water partition coefficient (Wildman–Crippen LogP) is 9.33. The summed E-state index contributed by atoms with van der Waals surface area (Å²) in [6, 6.07) is 13.0. The van der Waals surface area contributed by atoms with Crippen molar-refractivity contribution in [2.24, 2.45) is 0 Å². The summed E-state index contributed by atoms with van der Waals surface area (Å²) in [6.07, 6.45) is 13.5. The molecule has 2 aromatic carbocycles. The summed E-state index contributed by atoms with van der Waals surface area (Å²) in [6.45, 7) is 3.74. The Labute approximate surface area is 271 Å². The number of ether oxygens (including phenoxy) is 1. The number of imidazole rings is 1. The van der Waals surface area contributed by atoms with Gasteiger partial charge in [0.25, 0.3) is 0 Å².